The number of hydrogen-bond acceptors (Lipinski definition) is 4. The Morgan fingerprint density at radius 2 is 2.33 bits per heavy atom. The second kappa shape index (κ2) is 8.49. The maximum atomic E-state index is 13.5. The van der Waals surface area contributed by atoms with Crippen LogP contribution >= 0.6 is 0 Å². The summed E-state index contributed by atoms with van der Waals surface area (Å²) in [7, 11) is 3.11. The third-order valence-corrected chi connectivity index (χ3v) is 2.61. The molecule has 0 unspecified atom stereocenters. The summed E-state index contributed by atoms with van der Waals surface area (Å²) in [5.74, 6) is -0.638. The van der Waals surface area contributed by atoms with E-state index in [0.29, 0.717) is 5.69 Å². The molecule has 0 aliphatic carbocycles. The maximum absolute atomic E-state index is 13.5. The molecule has 1 aromatic rings. The van der Waals surface area contributed by atoms with Gasteiger partial charge in [0, 0.05) is 11.0 Å². The van der Waals surface area contributed by atoms with Crippen LogP contribution in [0.3, 0.4) is 0 Å². The van der Waals surface area contributed by atoms with Gasteiger partial charge in [-0.2, -0.15) is 7.11 Å². The number of anilines is 1. The number of hydrogen-bond donors (Lipinski definition) is 0. The third-order valence-electron chi connectivity index (χ3n) is 2.61. The van der Waals surface area contributed by atoms with Crippen LogP contribution < -0.4 is 9.64 Å². The molecule has 1 saturated heterocycles. The Morgan fingerprint density at radius 3 is 2.90 bits per heavy atom. The summed E-state index contributed by atoms with van der Waals surface area (Å²) < 4.78 is 23.1. The van der Waals surface area contributed by atoms with Crippen molar-refractivity contribution in [3.05, 3.63) is 49.0 Å². The fourth-order valence-electron chi connectivity index (χ4n) is 1.73. The van der Waals surface area contributed by atoms with Crippen LogP contribution in [-0.4, -0.2) is 25.3 Å². The SMILES string of the molecule is [CH2-]Oc1ccc(N2C[C@H](CN=[N+]=[N-])OC2=O)cc1F.[CH3-].[W+2]. The first-order chi connectivity index (χ1) is 9.15. The smallest absolute Gasteiger partial charge is 0.663 e. The Hall–Kier alpha value is -1.78. The molecule has 1 atom stereocenters. The van der Waals surface area contributed by atoms with Crippen LogP contribution in [0.25, 0.3) is 10.4 Å². The number of azide groups is 1. The molecule has 0 bridgehead atoms. The monoisotopic (exact) mass is 464 g/mol. The van der Waals surface area contributed by atoms with Gasteiger partial charge >= 0.3 is 27.2 Å². The van der Waals surface area contributed by atoms with E-state index in [9.17, 15) is 9.18 Å². The third kappa shape index (κ3) is 4.34. The van der Waals surface area contributed by atoms with Crippen molar-refractivity contribution in [3.8, 4) is 5.75 Å². The standard InChI is InChI=1S/C11H10FN4O3.CH3.W/c1-18-10-3-2-7(4-9(10)12)16-6-8(5-14-15-13)19-11(16)17;;/h2-4,8H,1,5-6H2;1H3;/q2*-1;+2/t8-;;/m0../s1. The summed E-state index contributed by atoms with van der Waals surface area (Å²) in [5.41, 5.74) is 8.54. The number of amides is 1. The molecule has 7 nitrogen and oxygen atoms in total. The maximum Gasteiger partial charge on any atom is 2.00 e. The molecule has 1 aliphatic rings. The average Bonchev–Trinajstić information content (AvgIpc) is 2.77. The zero-order chi connectivity index (χ0) is 13.8. The van der Waals surface area contributed by atoms with Crippen molar-refractivity contribution in [2.45, 2.75) is 6.10 Å². The summed E-state index contributed by atoms with van der Waals surface area (Å²) in [4.78, 5) is 15.5. The number of carbonyl (C=O) groups excluding carboxylic acids is 1. The van der Waals surface area contributed by atoms with E-state index < -0.39 is 18.0 Å². The van der Waals surface area contributed by atoms with Crippen LogP contribution in [-0.2, 0) is 25.8 Å². The molecular formula is C12H13FN4O3W. The number of ether oxygens (including phenoxy) is 2. The van der Waals surface area contributed by atoms with Gasteiger partial charge in [-0.3, -0.25) is 4.90 Å². The predicted octanol–water partition coefficient (Wildman–Crippen LogP) is 3.08. The number of nitrogens with zero attached hydrogens (tertiary/aromatic N) is 4. The molecule has 1 fully saturated rings. The number of carbonyl (C=O) groups is 1. The molecule has 2 rings (SSSR count). The van der Waals surface area contributed by atoms with Crippen molar-refractivity contribution < 1.29 is 39.7 Å². The molecule has 1 aromatic carbocycles. The van der Waals surface area contributed by atoms with Gasteiger partial charge in [0.15, 0.2) is 5.82 Å². The van der Waals surface area contributed by atoms with Crippen LogP contribution in [0.15, 0.2) is 23.3 Å². The van der Waals surface area contributed by atoms with E-state index in [-0.39, 0.29) is 47.3 Å². The zero-order valence-corrected chi connectivity index (χ0v) is 14.2. The van der Waals surface area contributed by atoms with E-state index in [1.165, 1.54) is 17.0 Å². The van der Waals surface area contributed by atoms with Crippen LogP contribution in [0, 0.1) is 20.4 Å². The molecule has 21 heavy (non-hydrogen) atoms. The second-order valence-electron chi connectivity index (χ2n) is 3.79. The molecular weight excluding hydrogens is 451 g/mol. The first-order valence-electron chi connectivity index (χ1n) is 5.36. The van der Waals surface area contributed by atoms with Gasteiger partial charge in [0.05, 0.1) is 18.8 Å². The van der Waals surface area contributed by atoms with Crippen molar-refractivity contribution in [2.75, 3.05) is 18.0 Å². The Balaban J connectivity index is 0.00000200. The summed E-state index contributed by atoms with van der Waals surface area (Å²) in [6.45, 7) is 0.239. The minimum Gasteiger partial charge on any atom is -0.663 e. The molecule has 0 saturated carbocycles. The van der Waals surface area contributed by atoms with Crippen LogP contribution in [0.2, 0.25) is 0 Å². The summed E-state index contributed by atoms with van der Waals surface area (Å²) in [6, 6.07) is 4.03. The van der Waals surface area contributed by atoms with E-state index in [4.69, 9.17) is 10.3 Å². The Morgan fingerprint density at radius 1 is 1.62 bits per heavy atom. The molecule has 1 aliphatic heterocycles. The van der Waals surface area contributed by atoms with Crippen molar-refractivity contribution in [2.24, 2.45) is 5.11 Å². The van der Waals surface area contributed by atoms with E-state index in [1.807, 2.05) is 0 Å². The Kier molecular flexibility index (Phi) is 7.77. The first kappa shape index (κ1) is 19.2. The number of benzene rings is 1. The minimum atomic E-state index is -0.626. The predicted molar refractivity (Wildman–Crippen MR) is 70.4 cm³/mol. The normalized spacial score (nSPS) is 16.2. The van der Waals surface area contributed by atoms with Gasteiger partial charge in [-0.05, 0) is 17.7 Å². The largest absolute Gasteiger partial charge is 2.00 e. The van der Waals surface area contributed by atoms with Gasteiger partial charge in [0.25, 0.3) is 0 Å². The van der Waals surface area contributed by atoms with Crippen LogP contribution in [0.1, 0.15) is 0 Å². The molecule has 1 heterocycles. The number of rotatable bonds is 4. The Labute approximate surface area is 135 Å². The molecule has 1 amide bonds. The van der Waals surface area contributed by atoms with Gasteiger partial charge in [0.1, 0.15) is 11.9 Å². The van der Waals surface area contributed by atoms with Crippen molar-refractivity contribution in [1.29, 1.82) is 0 Å². The van der Waals surface area contributed by atoms with E-state index in [2.05, 4.69) is 21.9 Å². The molecule has 9 heteroatoms. The molecule has 0 N–H and O–H groups in total. The van der Waals surface area contributed by atoms with E-state index >= 15 is 0 Å². The first-order valence-corrected chi connectivity index (χ1v) is 5.36. The average molecular weight is 464 g/mol. The second-order valence-corrected chi connectivity index (χ2v) is 3.79. The fourth-order valence-corrected chi connectivity index (χ4v) is 1.73. The van der Waals surface area contributed by atoms with Gasteiger partial charge in [-0.1, -0.05) is 5.11 Å². The molecule has 0 spiro atoms. The minimum absolute atomic E-state index is 0. The van der Waals surface area contributed by atoms with Crippen molar-refractivity contribution in [1.82, 2.24) is 0 Å². The van der Waals surface area contributed by atoms with Gasteiger partial charge in [-0.15, -0.1) is 0 Å². The van der Waals surface area contributed by atoms with Gasteiger partial charge < -0.3 is 16.9 Å². The molecule has 0 radical (unpaired) electrons. The van der Waals surface area contributed by atoms with Gasteiger partial charge in [-0.25, -0.2) is 9.18 Å². The number of halogens is 1. The number of cyclic esters (lactones) is 1. The summed E-state index contributed by atoms with van der Waals surface area (Å²) >= 11 is 0. The van der Waals surface area contributed by atoms with Gasteiger partial charge in [0.2, 0.25) is 0 Å². The van der Waals surface area contributed by atoms with Crippen molar-refractivity contribution in [3.63, 3.8) is 0 Å². The topological polar surface area (TPSA) is 87.5 Å². The van der Waals surface area contributed by atoms with E-state index in [1.54, 1.807) is 0 Å². The van der Waals surface area contributed by atoms with Crippen LogP contribution in [0.5, 0.6) is 5.75 Å². The zero-order valence-electron chi connectivity index (χ0n) is 11.2. The summed E-state index contributed by atoms with van der Waals surface area (Å²) in [5, 5.41) is 3.34. The van der Waals surface area contributed by atoms with E-state index in [0.717, 1.165) is 6.07 Å². The Bertz CT molecular complexity index is 551. The quantitative estimate of drug-likeness (QED) is 0.297. The molecule has 112 valence electrons. The fraction of sp³-hybridized carbons (Fsp3) is 0.250. The summed E-state index contributed by atoms with van der Waals surface area (Å²) in [6.07, 6.45) is -1.14. The van der Waals surface area contributed by atoms with Crippen LogP contribution in [0.4, 0.5) is 14.9 Å². The molecule has 0 aromatic heterocycles. The van der Waals surface area contributed by atoms with Crippen molar-refractivity contribution >= 4 is 11.8 Å².